The van der Waals surface area contributed by atoms with Gasteiger partial charge in [-0.2, -0.15) is 11.8 Å². The van der Waals surface area contributed by atoms with Crippen LogP contribution in [0, 0.1) is 0 Å². The molecule has 3 heteroatoms. The second-order valence-electron chi connectivity index (χ2n) is 4.48. The first-order valence-corrected chi connectivity index (χ1v) is 7.60. The fourth-order valence-electron chi connectivity index (χ4n) is 2.40. The van der Waals surface area contributed by atoms with E-state index in [2.05, 4.69) is 35.8 Å². The predicted octanol–water partition coefficient (Wildman–Crippen LogP) is 2.64. The summed E-state index contributed by atoms with van der Waals surface area (Å²) in [7, 11) is 2.04. The summed E-state index contributed by atoms with van der Waals surface area (Å²) in [5.41, 5.74) is 2.85. The molecule has 1 N–H and O–H groups in total. The van der Waals surface area contributed by atoms with E-state index in [4.69, 9.17) is 4.74 Å². The maximum absolute atomic E-state index is 5.93. The lowest BCUT2D eigenvalue weighted by Gasteiger charge is -2.29. The molecule has 1 heterocycles. The molecule has 0 aliphatic carbocycles. The van der Waals surface area contributed by atoms with E-state index < -0.39 is 0 Å². The molecule has 2 atom stereocenters. The van der Waals surface area contributed by atoms with E-state index in [-0.39, 0.29) is 6.10 Å². The summed E-state index contributed by atoms with van der Waals surface area (Å²) in [6.07, 6.45) is 4.54. The molecule has 94 valence electrons. The molecule has 1 aromatic rings. The minimum Gasteiger partial charge on any atom is -0.373 e. The number of thioether (sulfide) groups is 1. The minimum absolute atomic E-state index is 0.268. The van der Waals surface area contributed by atoms with Crippen molar-refractivity contribution in [1.82, 2.24) is 5.32 Å². The van der Waals surface area contributed by atoms with Gasteiger partial charge >= 0.3 is 0 Å². The number of nitrogens with one attached hydrogen (secondary N) is 1. The van der Waals surface area contributed by atoms with Gasteiger partial charge in [-0.25, -0.2) is 0 Å². The monoisotopic (exact) mass is 251 g/mol. The number of fused-ring (bicyclic) bond motifs is 1. The Labute approximate surface area is 108 Å². The molecule has 0 amide bonds. The van der Waals surface area contributed by atoms with Gasteiger partial charge in [-0.05, 0) is 37.3 Å². The SMILES string of the molecule is CNC(CSC)CC1OCCc2ccccc21. The molecule has 0 bridgehead atoms. The Morgan fingerprint density at radius 2 is 2.29 bits per heavy atom. The highest BCUT2D eigenvalue weighted by Crippen LogP contribution is 2.30. The van der Waals surface area contributed by atoms with Crippen LogP contribution in [0.15, 0.2) is 24.3 Å². The Balaban J connectivity index is 2.07. The van der Waals surface area contributed by atoms with Crippen LogP contribution in [0.25, 0.3) is 0 Å². The molecule has 0 fully saturated rings. The van der Waals surface area contributed by atoms with E-state index >= 15 is 0 Å². The zero-order chi connectivity index (χ0) is 12.1. The predicted molar refractivity (Wildman–Crippen MR) is 74.7 cm³/mol. The molecular formula is C14H21NOS. The highest BCUT2D eigenvalue weighted by molar-refractivity contribution is 7.98. The standard InChI is InChI=1S/C14H21NOS/c1-15-12(10-17-2)9-14-13-6-4-3-5-11(13)7-8-16-14/h3-6,12,14-15H,7-10H2,1-2H3. The van der Waals surface area contributed by atoms with Crippen molar-refractivity contribution in [3.05, 3.63) is 35.4 Å². The molecule has 0 spiro atoms. The summed E-state index contributed by atoms with van der Waals surface area (Å²) in [6.45, 7) is 0.859. The summed E-state index contributed by atoms with van der Waals surface area (Å²) in [5.74, 6) is 1.14. The number of hydrogen-bond acceptors (Lipinski definition) is 3. The van der Waals surface area contributed by atoms with Crippen molar-refractivity contribution in [3.8, 4) is 0 Å². The van der Waals surface area contributed by atoms with Crippen LogP contribution in [0.5, 0.6) is 0 Å². The number of benzene rings is 1. The van der Waals surface area contributed by atoms with Crippen LogP contribution >= 0.6 is 11.8 Å². The highest BCUT2D eigenvalue weighted by atomic mass is 32.2. The summed E-state index contributed by atoms with van der Waals surface area (Å²) in [4.78, 5) is 0. The summed E-state index contributed by atoms with van der Waals surface area (Å²) < 4.78 is 5.93. The van der Waals surface area contributed by atoms with Gasteiger partial charge in [-0.15, -0.1) is 0 Å². The molecule has 0 saturated carbocycles. The molecule has 2 nitrogen and oxygen atoms in total. The van der Waals surface area contributed by atoms with E-state index in [1.807, 2.05) is 18.8 Å². The third kappa shape index (κ3) is 3.24. The molecule has 17 heavy (non-hydrogen) atoms. The van der Waals surface area contributed by atoms with Crippen LogP contribution in [-0.4, -0.2) is 31.7 Å². The summed E-state index contributed by atoms with van der Waals surface area (Å²) in [5, 5.41) is 3.38. The average molecular weight is 251 g/mol. The lowest BCUT2D eigenvalue weighted by molar-refractivity contribution is 0.0315. The van der Waals surface area contributed by atoms with Gasteiger partial charge < -0.3 is 10.1 Å². The largest absolute Gasteiger partial charge is 0.373 e. The van der Waals surface area contributed by atoms with Crippen molar-refractivity contribution in [1.29, 1.82) is 0 Å². The van der Waals surface area contributed by atoms with E-state index in [1.54, 1.807) is 0 Å². The molecule has 1 aliphatic heterocycles. The van der Waals surface area contributed by atoms with Gasteiger partial charge in [0.2, 0.25) is 0 Å². The van der Waals surface area contributed by atoms with Crippen molar-refractivity contribution < 1.29 is 4.74 Å². The van der Waals surface area contributed by atoms with E-state index in [0.717, 1.165) is 25.2 Å². The minimum atomic E-state index is 0.268. The Morgan fingerprint density at radius 1 is 1.47 bits per heavy atom. The van der Waals surface area contributed by atoms with Crippen LogP contribution in [0.2, 0.25) is 0 Å². The number of rotatable bonds is 5. The van der Waals surface area contributed by atoms with Crippen molar-refractivity contribution >= 4 is 11.8 Å². The van der Waals surface area contributed by atoms with Gasteiger partial charge in [0, 0.05) is 11.8 Å². The molecular weight excluding hydrogens is 230 g/mol. The Morgan fingerprint density at radius 3 is 3.06 bits per heavy atom. The van der Waals surface area contributed by atoms with Crippen molar-refractivity contribution in [2.24, 2.45) is 0 Å². The smallest absolute Gasteiger partial charge is 0.0842 e. The Bertz CT molecular complexity index is 356. The first-order valence-electron chi connectivity index (χ1n) is 6.20. The Hall–Kier alpha value is -0.510. The number of hydrogen-bond donors (Lipinski definition) is 1. The van der Waals surface area contributed by atoms with Crippen molar-refractivity contribution in [2.75, 3.05) is 25.7 Å². The van der Waals surface area contributed by atoms with Crippen LogP contribution < -0.4 is 5.32 Å². The maximum atomic E-state index is 5.93. The van der Waals surface area contributed by atoms with Gasteiger partial charge in [-0.3, -0.25) is 0 Å². The van der Waals surface area contributed by atoms with Crippen molar-refractivity contribution in [2.45, 2.75) is 25.0 Å². The molecule has 2 rings (SSSR count). The molecule has 0 aromatic heterocycles. The van der Waals surface area contributed by atoms with Crippen LogP contribution in [0.3, 0.4) is 0 Å². The average Bonchev–Trinajstić information content (AvgIpc) is 2.38. The fourth-order valence-corrected chi connectivity index (χ4v) is 3.11. The van der Waals surface area contributed by atoms with Gasteiger partial charge in [0.15, 0.2) is 0 Å². The second kappa shape index (κ2) is 6.43. The quantitative estimate of drug-likeness (QED) is 0.869. The third-order valence-corrected chi connectivity index (χ3v) is 4.10. The molecule has 0 radical (unpaired) electrons. The molecule has 0 saturated heterocycles. The fraction of sp³-hybridized carbons (Fsp3) is 0.571. The first-order chi connectivity index (χ1) is 8.35. The molecule has 1 aliphatic rings. The third-order valence-electron chi connectivity index (χ3n) is 3.37. The van der Waals surface area contributed by atoms with E-state index in [9.17, 15) is 0 Å². The van der Waals surface area contributed by atoms with Gasteiger partial charge in [0.05, 0.1) is 12.7 Å². The lowest BCUT2D eigenvalue weighted by Crippen LogP contribution is -2.31. The van der Waals surface area contributed by atoms with Crippen LogP contribution in [0.1, 0.15) is 23.7 Å². The second-order valence-corrected chi connectivity index (χ2v) is 5.40. The first kappa shape index (κ1) is 12.9. The maximum Gasteiger partial charge on any atom is 0.0842 e. The zero-order valence-electron chi connectivity index (χ0n) is 10.6. The normalized spacial score (nSPS) is 20.9. The van der Waals surface area contributed by atoms with Crippen LogP contribution in [-0.2, 0) is 11.2 Å². The topological polar surface area (TPSA) is 21.3 Å². The zero-order valence-corrected chi connectivity index (χ0v) is 11.4. The number of ether oxygens (including phenoxy) is 1. The lowest BCUT2D eigenvalue weighted by atomic mass is 9.94. The Kier molecular flexibility index (Phi) is 4.89. The van der Waals surface area contributed by atoms with Crippen molar-refractivity contribution in [3.63, 3.8) is 0 Å². The summed E-state index contributed by atoms with van der Waals surface area (Å²) >= 11 is 1.89. The highest BCUT2D eigenvalue weighted by Gasteiger charge is 2.23. The molecule has 2 unspecified atom stereocenters. The van der Waals surface area contributed by atoms with E-state index in [1.165, 1.54) is 11.1 Å². The van der Waals surface area contributed by atoms with Crippen LogP contribution in [0.4, 0.5) is 0 Å². The van der Waals surface area contributed by atoms with Gasteiger partial charge in [-0.1, -0.05) is 24.3 Å². The van der Waals surface area contributed by atoms with E-state index in [0.29, 0.717) is 6.04 Å². The van der Waals surface area contributed by atoms with Gasteiger partial charge in [0.25, 0.3) is 0 Å². The van der Waals surface area contributed by atoms with Gasteiger partial charge in [0.1, 0.15) is 0 Å². The molecule has 1 aromatic carbocycles. The summed E-state index contributed by atoms with van der Waals surface area (Å²) in [6, 6.07) is 9.21.